The summed E-state index contributed by atoms with van der Waals surface area (Å²) in [5, 5.41) is 0. The molecule has 0 atom stereocenters. The van der Waals surface area contributed by atoms with Crippen LogP contribution in [0.1, 0.15) is 11.1 Å². The quantitative estimate of drug-likeness (QED) is 0.573. The highest BCUT2D eigenvalue weighted by Crippen LogP contribution is 2.16. The molecule has 0 saturated heterocycles. The van der Waals surface area contributed by atoms with Crippen molar-refractivity contribution in [1.29, 1.82) is 0 Å². The predicted octanol–water partition coefficient (Wildman–Crippen LogP) is 2.11. The summed E-state index contributed by atoms with van der Waals surface area (Å²) in [6.45, 7) is 4.06. The van der Waals surface area contributed by atoms with Crippen molar-refractivity contribution >= 4 is 0 Å². The topological polar surface area (TPSA) is 9.23 Å². The summed E-state index contributed by atoms with van der Waals surface area (Å²) < 4.78 is 5.04. The average molecular weight is 135 g/mol. The zero-order chi connectivity index (χ0) is 7.56. The Labute approximate surface area is 61.6 Å². The van der Waals surface area contributed by atoms with E-state index in [0.29, 0.717) is 0 Å². The maximum Gasteiger partial charge on any atom is 0.129 e. The molecule has 0 aromatic heterocycles. The molecule has 0 N–H and O–H groups in total. The van der Waals surface area contributed by atoms with Crippen molar-refractivity contribution in [3.05, 3.63) is 29.3 Å². The van der Waals surface area contributed by atoms with Gasteiger partial charge in [-0.25, -0.2) is 0 Å². The minimum atomic E-state index is 0.839. The molecule has 0 amide bonds. The van der Waals surface area contributed by atoms with Crippen LogP contribution in [-0.4, -0.2) is 7.11 Å². The Morgan fingerprint density at radius 3 is 2.60 bits per heavy atom. The zero-order valence-corrected chi connectivity index (χ0v) is 6.56. The van der Waals surface area contributed by atoms with Gasteiger partial charge in [-0.05, 0) is 31.0 Å². The molecule has 10 heavy (non-hydrogen) atoms. The van der Waals surface area contributed by atoms with Gasteiger partial charge < -0.3 is 4.74 Å². The summed E-state index contributed by atoms with van der Waals surface area (Å²) in [6, 6.07) is 7.03. The van der Waals surface area contributed by atoms with Gasteiger partial charge in [0, 0.05) is 6.07 Å². The molecule has 0 unspecified atom stereocenters. The first kappa shape index (κ1) is 7.13. The summed E-state index contributed by atoms with van der Waals surface area (Å²) in [7, 11) is 1.66. The van der Waals surface area contributed by atoms with Crippen molar-refractivity contribution in [3.63, 3.8) is 0 Å². The number of rotatable bonds is 1. The largest absolute Gasteiger partial charge is 0.496 e. The minimum Gasteiger partial charge on any atom is -0.496 e. The van der Waals surface area contributed by atoms with E-state index in [2.05, 4.69) is 12.1 Å². The standard InChI is InChI=1S/C9H11O/c1-7-4-5-9(10-3)8(2)6-7/h4,6H,1-3H3. The van der Waals surface area contributed by atoms with E-state index in [4.69, 9.17) is 4.74 Å². The summed E-state index contributed by atoms with van der Waals surface area (Å²) >= 11 is 0. The molecular formula is C9H11O. The Morgan fingerprint density at radius 1 is 1.40 bits per heavy atom. The van der Waals surface area contributed by atoms with E-state index in [9.17, 15) is 0 Å². The molecule has 0 aliphatic heterocycles. The van der Waals surface area contributed by atoms with E-state index in [1.54, 1.807) is 7.11 Å². The lowest BCUT2D eigenvalue weighted by molar-refractivity contribution is 0.410. The van der Waals surface area contributed by atoms with Gasteiger partial charge in [0.1, 0.15) is 5.75 Å². The van der Waals surface area contributed by atoms with Gasteiger partial charge in [-0.1, -0.05) is 6.07 Å². The van der Waals surface area contributed by atoms with Crippen LogP contribution in [0, 0.1) is 19.9 Å². The van der Waals surface area contributed by atoms with Crippen LogP contribution in [0.2, 0.25) is 0 Å². The normalized spacial score (nSPS) is 9.50. The lowest BCUT2D eigenvalue weighted by Gasteiger charge is -2.02. The van der Waals surface area contributed by atoms with Gasteiger partial charge in [-0.2, -0.15) is 0 Å². The fourth-order valence-electron chi connectivity index (χ4n) is 0.962. The van der Waals surface area contributed by atoms with Gasteiger partial charge in [-0.15, -0.1) is 0 Å². The van der Waals surface area contributed by atoms with E-state index in [1.807, 2.05) is 19.9 Å². The predicted molar refractivity (Wildman–Crippen MR) is 41.3 cm³/mol. The number of ether oxygens (including phenoxy) is 1. The summed E-state index contributed by atoms with van der Waals surface area (Å²) in [6.07, 6.45) is 0. The third kappa shape index (κ3) is 1.29. The van der Waals surface area contributed by atoms with E-state index in [-0.39, 0.29) is 0 Å². The van der Waals surface area contributed by atoms with E-state index in [1.165, 1.54) is 5.56 Å². The molecule has 1 aromatic rings. The molecule has 0 bridgehead atoms. The summed E-state index contributed by atoms with van der Waals surface area (Å²) in [4.78, 5) is 0. The van der Waals surface area contributed by atoms with Gasteiger partial charge in [0.15, 0.2) is 0 Å². The van der Waals surface area contributed by atoms with Crippen molar-refractivity contribution in [2.24, 2.45) is 0 Å². The first-order valence-corrected chi connectivity index (χ1v) is 3.27. The first-order valence-electron chi connectivity index (χ1n) is 3.27. The van der Waals surface area contributed by atoms with Crippen LogP contribution in [0.3, 0.4) is 0 Å². The Bertz CT molecular complexity index is 228. The fraction of sp³-hybridized carbons (Fsp3) is 0.333. The summed E-state index contributed by atoms with van der Waals surface area (Å²) in [5.74, 6) is 0.839. The van der Waals surface area contributed by atoms with Crippen molar-refractivity contribution in [2.75, 3.05) is 7.11 Å². The number of benzene rings is 1. The Kier molecular flexibility index (Phi) is 1.95. The highest BCUT2D eigenvalue weighted by molar-refractivity contribution is 5.34. The van der Waals surface area contributed by atoms with Crippen LogP contribution < -0.4 is 4.74 Å². The first-order chi connectivity index (χ1) is 4.74. The minimum absolute atomic E-state index is 0.839. The highest BCUT2D eigenvalue weighted by Gasteiger charge is 1.95. The van der Waals surface area contributed by atoms with Gasteiger partial charge in [0.05, 0.1) is 7.11 Å². The van der Waals surface area contributed by atoms with E-state index in [0.717, 1.165) is 11.3 Å². The molecule has 0 aliphatic rings. The van der Waals surface area contributed by atoms with Crippen LogP contribution in [-0.2, 0) is 0 Å². The van der Waals surface area contributed by atoms with Crippen molar-refractivity contribution < 1.29 is 4.74 Å². The third-order valence-electron chi connectivity index (χ3n) is 1.44. The highest BCUT2D eigenvalue weighted by atomic mass is 16.5. The van der Waals surface area contributed by atoms with Crippen LogP contribution in [0.15, 0.2) is 12.1 Å². The Hall–Kier alpha value is -0.980. The number of methoxy groups -OCH3 is 1. The summed E-state index contributed by atoms with van der Waals surface area (Å²) in [5.41, 5.74) is 2.36. The molecule has 0 fully saturated rings. The van der Waals surface area contributed by atoms with Crippen LogP contribution in [0.4, 0.5) is 0 Å². The van der Waals surface area contributed by atoms with Crippen LogP contribution in [0.5, 0.6) is 5.75 Å². The molecule has 1 radical (unpaired) electrons. The van der Waals surface area contributed by atoms with Crippen molar-refractivity contribution in [3.8, 4) is 5.75 Å². The molecule has 1 nitrogen and oxygen atoms in total. The number of aryl methyl sites for hydroxylation is 2. The number of hydrogen-bond donors (Lipinski definition) is 0. The molecule has 0 saturated carbocycles. The lowest BCUT2D eigenvalue weighted by Crippen LogP contribution is -1.86. The molecule has 1 aromatic carbocycles. The number of hydrogen-bond acceptors (Lipinski definition) is 1. The molecule has 0 spiro atoms. The SMILES string of the molecule is COc1[c]cc(C)cc1C. The maximum atomic E-state index is 5.04. The zero-order valence-electron chi connectivity index (χ0n) is 6.56. The van der Waals surface area contributed by atoms with Gasteiger partial charge in [-0.3, -0.25) is 0 Å². The third-order valence-corrected chi connectivity index (χ3v) is 1.44. The smallest absolute Gasteiger partial charge is 0.129 e. The van der Waals surface area contributed by atoms with E-state index < -0.39 is 0 Å². The van der Waals surface area contributed by atoms with Crippen molar-refractivity contribution in [2.45, 2.75) is 13.8 Å². The van der Waals surface area contributed by atoms with Gasteiger partial charge >= 0.3 is 0 Å². The van der Waals surface area contributed by atoms with Gasteiger partial charge in [0.25, 0.3) is 0 Å². The average Bonchev–Trinajstić information content (AvgIpc) is 1.88. The second kappa shape index (κ2) is 2.74. The molecule has 1 rings (SSSR count). The fourth-order valence-corrected chi connectivity index (χ4v) is 0.962. The second-order valence-electron chi connectivity index (χ2n) is 2.39. The Morgan fingerprint density at radius 2 is 2.10 bits per heavy atom. The van der Waals surface area contributed by atoms with Gasteiger partial charge in [0.2, 0.25) is 0 Å². The monoisotopic (exact) mass is 135 g/mol. The molecule has 1 heteroatoms. The molecule has 53 valence electrons. The maximum absolute atomic E-state index is 5.04. The molecule has 0 heterocycles. The Balaban J connectivity index is 3.07. The molecule has 0 aliphatic carbocycles. The van der Waals surface area contributed by atoms with Crippen LogP contribution in [0.25, 0.3) is 0 Å². The van der Waals surface area contributed by atoms with Crippen molar-refractivity contribution in [1.82, 2.24) is 0 Å². The lowest BCUT2D eigenvalue weighted by atomic mass is 10.1. The van der Waals surface area contributed by atoms with Crippen LogP contribution >= 0.6 is 0 Å². The molecular weight excluding hydrogens is 124 g/mol. The van der Waals surface area contributed by atoms with E-state index >= 15 is 0 Å². The second-order valence-corrected chi connectivity index (χ2v) is 2.39.